The fraction of sp³-hybridized carbons (Fsp3) is 0.462. The average molecular weight is 335 g/mol. The summed E-state index contributed by atoms with van der Waals surface area (Å²) >= 11 is 0. The summed E-state index contributed by atoms with van der Waals surface area (Å²) < 4.78 is 35.6. The molecule has 1 unspecified atom stereocenters. The smallest absolute Gasteiger partial charge is 0.251 e. The predicted molar refractivity (Wildman–Crippen MR) is 75.5 cm³/mol. The van der Waals surface area contributed by atoms with Crippen molar-refractivity contribution < 1.29 is 32.9 Å². The van der Waals surface area contributed by atoms with E-state index in [-0.39, 0.29) is 10.5 Å². The Morgan fingerprint density at radius 3 is 2.23 bits per heavy atom. The zero-order chi connectivity index (χ0) is 16.9. The van der Waals surface area contributed by atoms with Crippen molar-refractivity contribution in [3.63, 3.8) is 0 Å². The minimum atomic E-state index is -3.39. The first-order valence-electron chi connectivity index (χ1n) is 6.34. The highest BCUT2D eigenvalue weighted by Crippen LogP contribution is 2.20. The minimum Gasteiger partial charge on any atom is -0.393 e. The van der Waals surface area contributed by atoms with Crippen LogP contribution in [0.5, 0.6) is 0 Å². The van der Waals surface area contributed by atoms with Gasteiger partial charge in [0.15, 0.2) is 15.9 Å². The molecular weight excluding hydrogens is 317 g/mol. The van der Waals surface area contributed by atoms with Gasteiger partial charge in [0.05, 0.1) is 17.5 Å². The Hall–Kier alpha value is -1.55. The first kappa shape index (κ1) is 18.5. The van der Waals surface area contributed by atoms with Crippen LogP contribution in [-0.4, -0.2) is 61.3 Å². The van der Waals surface area contributed by atoms with Crippen LogP contribution in [0.4, 0.5) is 4.39 Å². The van der Waals surface area contributed by atoms with E-state index in [4.69, 9.17) is 10.2 Å². The molecule has 0 saturated carbocycles. The third-order valence-corrected chi connectivity index (χ3v) is 4.13. The van der Waals surface area contributed by atoms with Crippen LogP contribution in [0.2, 0.25) is 0 Å². The second-order valence-corrected chi connectivity index (χ2v) is 6.77. The van der Waals surface area contributed by atoms with Crippen molar-refractivity contribution in [1.82, 2.24) is 5.32 Å². The topological polar surface area (TPSA) is 124 Å². The number of benzene rings is 1. The Morgan fingerprint density at radius 1 is 1.27 bits per heavy atom. The lowest BCUT2D eigenvalue weighted by atomic mass is 10.0. The van der Waals surface area contributed by atoms with Gasteiger partial charge in [0.25, 0.3) is 5.91 Å². The zero-order valence-corrected chi connectivity index (χ0v) is 12.6. The lowest BCUT2D eigenvalue weighted by Gasteiger charge is -2.23. The highest BCUT2D eigenvalue weighted by molar-refractivity contribution is 7.90. The van der Waals surface area contributed by atoms with Gasteiger partial charge in [0.1, 0.15) is 12.8 Å². The second kappa shape index (κ2) is 7.63. The second-order valence-electron chi connectivity index (χ2n) is 4.75. The summed E-state index contributed by atoms with van der Waals surface area (Å²) in [5.41, 5.74) is 0.203. The molecule has 3 atom stereocenters. The maximum atomic E-state index is 13.0. The number of carbonyl (C=O) groups is 1. The first-order valence-corrected chi connectivity index (χ1v) is 8.23. The van der Waals surface area contributed by atoms with Gasteiger partial charge in [-0.3, -0.25) is 4.79 Å². The fourth-order valence-corrected chi connectivity index (χ4v) is 2.34. The molecule has 0 bridgehead atoms. The Balaban J connectivity index is 2.88. The normalized spacial score (nSPS) is 15.9. The van der Waals surface area contributed by atoms with Gasteiger partial charge in [-0.25, -0.2) is 12.8 Å². The van der Waals surface area contributed by atoms with E-state index in [1.54, 1.807) is 0 Å². The van der Waals surface area contributed by atoms with Crippen molar-refractivity contribution in [2.75, 3.05) is 19.5 Å². The Labute approximate surface area is 127 Å². The van der Waals surface area contributed by atoms with Crippen LogP contribution >= 0.6 is 0 Å². The van der Waals surface area contributed by atoms with E-state index in [0.717, 1.165) is 6.26 Å². The maximum Gasteiger partial charge on any atom is 0.251 e. The largest absolute Gasteiger partial charge is 0.393 e. The summed E-state index contributed by atoms with van der Waals surface area (Å²) in [7, 11) is -3.39. The molecule has 9 heteroatoms. The predicted octanol–water partition coefficient (Wildman–Crippen LogP) is -1.07. The molecule has 22 heavy (non-hydrogen) atoms. The number of alkyl halides is 1. The molecule has 1 aromatic rings. The van der Waals surface area contributed by atoms with Gasteiger partial charge in [0, 0.05) is 6.26 Å². The number of aliphatic hydroxyl groups excluding tert-OH is 3. The van der Waals surface area contributed by atoms with Crippen LogP contribution in [0.25, 0.3) is 0 Å². The summed E-state index contributed by atoms with van der Waals surface area (Å²) in [6.45, 7) is -1.94. The zero-order valence-electron chi connectivity index (χ0n) is 11.8. The molecule has 0 saturated heterocycles. The van der Waals surface area contributed by atoms with Crippen LogP contribution in [0.15, 0.2) is 29.2 Å². The van der Waals surface area contributed by atoms with E-state index in [1.807, 2.05) is 0 Å². The Morgan fingerprint density at radius 2 is 1.82 bits per heavy atom. The molecule has 0 fully saturated rings. The fourth-order valence-electron chi connectivity index (χ4n) is 1.71. The van der Waals surface area contributed by atoms with Crippen LogP contribution in [0, 0.1) is 0 Å². The van der Waals surface area contributed by atoms with Crippen LogP contribution in [0.1, 0.15) is 11.7 Å². The quantitative estimate of drug-likeness (QED) is 0.503. The molecule has 1 aromatic carbocycles. The highest BCUT2D eigenvalue weighted by Gasteiger charge is 2.25. The van der Waals surface area contributed by atoms with E-state index in [9.17, 15) is 22.7 Å². The summed E-state index contributed by atoms with van der Waals surface area (Å²) in [5, 5.41) is 29.8. The number of carbonyl (C=O) groups excluding carboxylic acids is 1. The Kier molecular flexibility index (Phi) is 6.42. The molecule has 0 aromatic heterocycles. The summed E-state index contributed by atoms with van der Waals surface area (Å²) in [4.78, 5) is 11.4. The molecule has 0 aliphatic carbocycles. The van der Waals surface area contributed by atoms with Crippen molar-refractivity contribution in [3.8, 4) is 0 Å². The molecule has 7 nitrogen and oxygen atoms in total. The van der Waals surface area contributed by atoms with Gasteiger partial charge >= 0.3 is 0 Å². The van der Waals surface area contributed by atoms with Crippen molar-refractivity contribution in [1.29, 1.82) is 0 Å². The molecule has 1 amide bonds. The minimum absolute atomic E-state index is 0.0417. The van der Waals surface area contributed by atoms with Gasteiger partial charge < -0.3 is 20.6 Å². The number of hydrogen-bond acceptors (Lipinski definition) is 6. The molecule has 1 rings (SSSR count). The van der Waals surface area contributed by atoms with Crippen molar-refractivity contribution in [2.24, 2.45) is 0 Å². The third kappa shape index (κ3) is 4.73. The van der Waals surface area contributed by atoms with Crippen molar-refractivity contribution >= 4 is 15.7 Å². The number of sulfone groups is 1. The number of halogens is 1. The van der Waals surface area contributed by atoms with Gasteiger partial charge in [0.2, 0.25) is 0 Å². The van der Waals surface area contributed by atoms with Gasteiger partial charge in [-0.15, -0.1) is 0 Å². The lowest BCUT2D eigenvalue weighted by Crippen LogP contribution is -2.46. The number of nitrogens with one attached hydrogen (secondary N) is 1. The first-order chi connectivity index (χ1) is 10.2. The summed E-state index contributed by atoms with van der Waals surface area (Å²) in [6.07, 6.45) is -2.12. The van der Waals surface area contributed by atoms with E-state index >= 15 is 0 Å². The standard InChI is InChI=1S/C13H18FNO6S/c1-22(20,21)9-4-2-8(3-5-9)12(18)10(6-14)15-13(19)11(17)7-16/h2-5,10-12,16-18H,6-7H2,1H3,(H,15,19)/t10-,11?,12-/m1/s1. The molecular formula is C13H18FNO6S. The van der Waals surface area contributed by atoms with Gasteiger partial charge in [-0.1, -0.05) is 12.1 Å². The van der Waals surface area contributed by atoms with E-state index in [1.165, 1.54) is 24.3 Å². The number of amides is 1. The number of rotatable bonds is 7. The molecule has 4 N–H and O–H groups in total. The van der Waals surface area contributed by atoms with Gasteiger partial charge in [-0.05, 0) is 17.7 Å². The molecule has 0 heterocycles. The molecule has 124 valence electrons. The maximum absolute atomic E-state index is 13.0. The van der Waals surface area contributed by atoms with Crippen molar-refractivity contribution in [2.45, 2.75) is 23.1 Å². The van der Waals surface area contributed by atoms with Crippen LogP contribution in [0.3, 0.4) is 0 Å². The van der Waals surface area contributed by atoms with Crippen molar-refractivity contribution in [3.05, 3.63) is 29.8 Å². The van der Waals surface area contributed by atoms with E-state index in [0.29, 0.717) is 0 Å². The van der Waals surface area contributed by atoms with Crippen LogP contribution in [-0.2, 0) is 14.6 Å². The Bertz CT molecular complexity index is 603. The molecule has 0 aliphatic rings. The third-order valence-electron chi connectivity index (χ3n) is 3.00. The number of aliphatic hydroxyl groups is 3. The highest BCUT2D eigenvalue weighted by atomic mass is 32.2. The monoisotopic (exact) mass is 335 g/mol. The summed E-state index contributed by atoms with van der Waals surface area (Å²) in [6, 6.07) is 3.79. The molecule has 0 radical (unpaired) electrons. The van der Waals surface area contributed by atoms with E-state index < -0.39 is 47.3 Å². The average Bonchev–Trinajstić information content (AvgIpc) is 2.50. The molecule has 0 aliphatic heterocycles. The van der Waals surface area contributed by atoms with Crippen LogP contribution < -0.4 is 5.32 Å². The van der Waals surface area contributed by atoms with Gasteiger partial charge in [-0.2, -0.15) is 0 Å². The SMILES string of the molecule is CS(=O)(=O)c1ccc([C@@H](O)[C@@H](CF)NC(=O)C(O)CO)cc1. The number of hydrogen-bond donors (Lipinski definition) is 4. The lowest BCUT2D eigenvalue weighted by molar-refractivity contribution is -0.133. The molecule has 0 spiro atoms. The summed E-state index contributed by atoms with van der Waals surface area (Å²) in [5.74, 6) is -1.02. The van der Waals surface area contributed by atoms with E-state index in [2.05, 4.69) is 5.32 Å².